The molecule has 0 radical (unpaired) electrons. The highest BCUT2D eigenvalue weighted by atomic mass is 16.5. The van der Waals surface area contributed by atoms with E-state index in [1.165, 1.54) is 0 Å². The van der Waals surface area contributed by atoms with E-state index in [2.05, 4.69) is 22.7 Å². The van der Waals surface area contributed by atoms with Crippen LogP contribution in [-0.4, -0.2) is 69.4 Å². The minimum atomic E-state index is 0.218. The number of carbonyl (C=O) groups excluding carboxylic acids is 1. The molecule has 1 fully saturated rings. The lowest BCUT2D eigenvalue weighted by atomic mass is 10.0. The average molecular weight is 458 g/mol. The number of nitrogens with one attached hydrogen (secondary N) is 2. The molecule has 0 aliphatic carbocycles. The van der Waals surface area contributed by atoms with Crippen molar-refractivity contribution in [2.24, 2.45) is 5.92 Å². The number of pyridine rings is 2. The van der Waals surface area contributed by atoms with Gasteiger partial charge < -0.3 is 24.3 Å². The molecular weight excluding hydrogens is 422 g/mol. The Hall–Kier alpha value is -2.75. The summed E-state index contributed by atoms with van der Waals surface area (Å²) in [5, 5.41) is 5.24. The predicted molar refractivity (Wildman–Crippen MR) is 129 cm³/mol. The van der Waals surface area contributed by atoms with Gasteiger partial charge in [-0.05, 0) is 43.4 Å². The van der Waals surface area contributed by atoms with Gasteiger partial charge in [-0.3, -0.25) is 5.01 Å². The second-order valence-electron chi connectivity index (χ2n) is 7.89. The van der Waals surface area contributed by atoms with E-state index in [0.29, 0.717) is 30.8 Å². The number of methoxy groups -OCH3 is 1. The molecule has 33 heavy (non-hydrogen) atoms. The first-order valence-electron chi connectivity index (χ1n) is 11.6. The van der Waals surface area contributed by atoms with Crippen molar-refractivity contribution in [3.63, 3.8) is 0 Å². The zero-order valence-corrected chi connectivity index (χ0v) is 19.6. The highest BCUT2D eigenvalue weighted by molar-refractivity contribution is 5.73. The normalized spacial score (nSPS) is 14.1. The fourth-order valence-electron chi connectivity index (χ4n) is 3.61. The number of ether oxygens (including phenoxy) is 3. The monoisotopic (exact) mass is 457 g/mol. The van der Waals surface area contributed by atoms with Crippen LogP contribution in [0.15, 0.2) is 30.5 Å². The minimum Gasteiger partial charge on any atom is -0.481 e. The molecule has 9 heteroatoms. The van der Waals surface area contributed by atoms with Crippen molar-refractivity contribution in [1.82, 2.24) is 15.4 Å². The zero-order chi connectivity index (χ0) is 23.3. The molecule has 1 saturated heterocycles. The maximum Gasteiger partial charge on any atom is 0.212 e. The van der Waals surface area contributed by atoms with Gasteiger partial charge in [0.15, 0.2) is 5.82 Å². The van der Waals surface area contributed by atoms with Gasteiger partial charge in [-0.15, -0.1) is 0 Å². The number of hydrazine groups is 1. The molecule has 2 aromatic heterocycles. The molecule has 0 unspecified atom stereocenters. The molecule has 0 amide bonds. The van der Waals surface area contributed by atoms with Gasteiger partial charge in [0.05, 0.1) is 31.6 Å². The van der Waals surface area contributed by atoms with Crippen LogP contribution in [-0.2, 0) is 14.3 Å². The third-order valence-corrected chi connectivity index (χ3v) is 5.46. The first-order valence-corrected chi connectivity index (χ1v) is 11.6. The summed E-state index contributed by atoms with van der Waals surface area (Å²) < 4.78 is 16.2. The lowest BCUT2D eigenvalue weighted by Crippen LogP contribution is -2.43. The van der Waals surface area contributed by atoms with Crippen molar-refractivity contribution in [3.8, 4) is 17.1 Å². The van der Waals surface area contributed by atoms with E-state index >= 15 is 0 Å². The summed E-state index contributed by atoms with van der Waals surface area (Å²) in [5.74, 6) is 1.75. The Bertz CT molecular complexity index is 843. The van der Waals surface area contributed by atoms with E-state index in [1.807, 2.05) is 29.3 Å². The van der Waals surface area contributed by atoms with Gasteiger partial charge in [0.1, 0.15) is 6.29 Å². The maximum absolute atomic E-state index is 11.4. The topological polar surface area (TPSA) is 97.8 Å². The number of aldehydes is 1. The van der Waals surface area contributed by atoms with E-state index in [9.17, 15) is 4.79 Å². The van der Waals surface area contributed by atoms with Crippen LogP contribution in [0.1, 0.15) is 26.2 Å². The van der Waals surface area contributed by atoms with Crippen molar-refractivity contribution >= 4 is 17.8 Å². The molecule has 3 rings (SSSR count). The third-order valence-electron chi connectivity index (χ3n) is 5.46. The summed E-state index contributed by atoms with van der Waals surface area (Å²) in [7, 11) is 1.59. The van der Waals surface area contributed by atoms with Gasteiger partial charge in [0.2, 0.25) is 5.88 Å². The summed E-state index contributed by atoms with van der Waals surface area (Å²) in [6.07, 6.45) is 5.65. The van der Waals surface area contributed by atoms with Gasteiger partial charge in [-0.2, -0.15) is 0 Å². The van der Waals surface area contributed by atoms with Gasteiger partial charge >= 0.3 is 0 Å². The third kappa shape index (κ3) is 7.66. The van der Waals surface area contributed by atoms with Crippen LogP contribution in [0.5, 0.6) is 5.88 Å². The predicted octanol–water partition coefficient (Wildman–Crippen LogP) is 2.93. The van der Waals surface area contributed by atoms with Gasteiger partial charge in [0.25, 0.3) is 0 Å². The smallest absolute Gasteiger partial charge is 0.212 e. The summed E-state index contributed by atoms with van der Waals surface area (Å²) >= 11 is 0. The Morgan fingerprint density at radius 3 is 2.76 bits per heavy atom. The van der Waals surface area contributed by atoms with Crippen LogP contribution in [0.25, 0.3) is 11.3 Å². The molecule has 2 N–H and O–H groups in total. The molecule has 3 heterocycles. The minimum absolute atomic E-state index is 0.218. The van der Waals surface area contributed by atoms with Gasteiger partial charge in [-0.1, -0.05) is 6.92 Å². The first kappa shape index (κ1) is 24.9. The molecule has 180 valence electrons. The molecule has 0 spiro atoms. The Morgan fingerprint density at radius 1 is 1.21 bits per heavy atom. The van der Waals surface area contributed by atoms with Crippen molar-refractivity contribution in [3.05, 3.63) is 30.5 Å². The molecular formula is C24H35N5O4. The molecule has 0 bridgehead atoms. The van der Waals surface area contributed by atoms with E-state index in [4.69, 9.17) is 19.2 Å². The van der Waals surface area contributed by atoms with Crippen LogP contribution < -0.4 is 20.5 Å². The van der Waals surface area contributed by atoms with E-state index < -0.39 is 0 Å². The van der Waals surface area contributed by atoms with E-state index in [1.54, 1.807) is 13.3 Å². The molecule has 1 aliphatic heterocycles. The Labute approximate surface area is 195 Å². The fraction of sp³-hybridized carbons (Fsp3) is 0.542. The summed E-state index contributed by atoms with van der Waals surface area (Å²) in [6.45, 7) is 6.57. The lowest BCUT2D eigenvalue weighted by Gasteiger charge is -2.29. The number of hydrogen-bond acceptors (Lipinski definition) is 9. The fourth-order valence-corrected chi connectivity index (χ4v) is 3.61. The largest absolute Gasteiger partial charge is 0.481 e. The summed E-state index contributed by atoms with van der Waals surface area (Å²) in [5.41, 5.74) is 5.91. The molecule has 9 nitrogen and oxygen atoms in total. The van der Waals surface area contributed by atoms with Crippen molar-refractivity contribution in [2.75, 3.05) is 63.5 Å². The number of hydrogen-bond donors (Lipinski definition) is 2. The zero-order valence-electron chi connectivity index (χ0n) is 19.6. The van der Waals surface area contributed by atoms with Crippen molar-refractivity contribution in [2.45, 2.75) is 26.2 Å². The Morgan fingerprint density at radius 2 is 2.06 bits per heavy atom. The van der Waals surface area contributed by atoms with Crippen molar-refractivity contribution in [1.29, 1.82) is 0 Å². The highest BCUT2D eigenvalue weighted by Crippen LogP contribution is 2.28. The van der Waals surface area contributed by atoms with Gasteiger partial charge in [0, 0.05) is 50.7 Å². The number of aromatic nitrogens is 2. The van der Waals surface area contributed by atoms with Crippen LogP contribution in [0.3, 0.4) is 0 Å². The maximum atomic E-state index is 11.4. The van der Waals surface area contributed by atoms with Gasteiger partial charge in [-0.25, -0.2) is 15.4 Å². The highest BCUT2D eigenvalue weighted by Gasteiger charge is 2.18. The van der Waals surface area contributed by atoms with E-state index in [0.717, 1.165) is 68.9 Å². The SMILES string of the molecule is CCCOCCNc1nc(-c2ccc(OC)nc2)ccc1N(CC=O)NCC1CCOCC1. The number of rotatable bonds is 14. The lowest BCUT2D eigenvalue weighted by molar-refractivity contribution is -0.106. The van der Waals surface area contributed by atoms with Crippen LogP contribution >= 0.6 is 0 Å². The molecule has 2 aromatic rings. The Kier molecular flexibility index (Phi) is 10.3. The molecule has 1 aliphatic rings. The molecule has 0 saturated carbocycles. The Balaban J connectivity index is 1.79. The summed E-state index contributed by atoms with van der Waals surface area (Å²) in [4.78, 5) is 20.6. The van der Waals surface area contributed by atoms with Crippen LogP contribution in [0.4, 0.5) is 11.5 Å². The number of anilines is 2. The van der Waals surface area contributed by atoms with E-state index in [-0.39, 0.29) is 6.54 Å². The number of nitrogens with zero attached hydrogens (tertiary/aromatic N) is 3. The number of carbonyl (C=O) groups is 1. The summed E-state index contributed by atoms with van der Waals surface area (Å²) in [6, 6.07) is 7.65. The first-order chi connectivity index (χ1) is 16.2. The second-order valence-corrected chi connectivity index (χ2v) is 7.89. The van der Waals surface area contributed by atoms with Crippen molar-refractivity contribution < 1.29 is 19.0 Å². The van der Waals surface area contributed by atoms with Crippen LogP contribution in [0.2, 0.25) is 0 Å². The standard InChI is InChI=1S/C24H35N5O4/c1-3-13-32-16-10-25-24-22(29(11-12-30)27-17-19-8-14-33-15-9-19)6-5-21(28-24)20-4-7-23(31-2)26-18-20/h4-7,12,18-19,27H,3,8-11,13-17H2,1-2H3,(H,25,28). The molecule has 0 aromatic carbocycles. The second kappa shape index (κ2) is 13.7. The average Bonchev–Trinajstić information content (AvgIpc) is 2.87. The quantitative estimate of drug-likeness (QED) is 0.252. The van der Waals surface area contributed by atoms with Crippen LogP contribution in [0, 0.1) is 5.92 Å². The molecule has 0 atom stereocenters.